The summed E-state index contributed by atoms with van der Waals surface area (Å²) in [5, 5.41) is 9.46. The van der Waals surface area contributed by atoms with E-state index in [0.717, 1.165) is 19.3 Å². The lowest BCUT2D eigenvalue weighted by molar-refractivity contribution is -0.154. The van der Waals surface area contributed by atoms with Gasteiger partial charge in [0.25, 0.3) is 0 Å². The molecular formula is C30H60O4. The highest BCUT2D eigenvalue weighted by molar-refractivity contribution is 5.69. The van der Waals surface area contributed by atoms with E-state index in [-0.39, 0.29) is 12.6 Å². The summed E-state index contributed by atoms with van der Waals surface area (Å²) >= 11 is 0. The van der Waals surface area contributed by atoms with Gasteiger partial charge in [0, 0.05) is 13.0 Å². The molecule has 1 unspecified atom stereocenters. The second-order valence-corrected chi connectivity index (χ2v) is 10.2. The van der Waals surface area contributed by atoms with Crippen molar-refractivity contribution in [2.24, 2.45) is 0 Å². The molecule has 0 rings (SSSR count). The molecule has 0 heterocycles. The highest BCUT2D eigenvalue weighted by Crippen LogP contribution is 2.13. The van der Waals surface area contributed by atoms with E-state index in [1.807, 2.05) is 0 Å². The van der Waals surface area contributed by atoms with Crippen LogP contribution in [0.5, 0.6) is 0 Å². The maximum Gasteiger partial charge on any atom is 0.306 e. The van der Waals surface area contributed by atoms with Crippen LogP contribution in [-0.2, 0) is 14.3 Å². The number of aliphatic hydroxyl groups is 1. The molecule has 0 aliphatic carbocycles. The molecule has 0 fully saturated rings. The van der Waals surface area contributed by atoms with Gasteiger partial charge in [-0.15, -0.1) is 0 Å². The number of aliphatic hydroxyl groups excluding tert-OH is 1. The smallest absolute Gasteiger partial charge is 0.306 e. The normalized spacial score (nSPS) is 12.2. The van der Waals surface area contributed by atoms with Crippen LogP contribution in [0.1, 0.15) is 162 Å². The molecule has 0 spiro atoms. The Hall–Kier alpha value is -0.610. The van der Waals surface area contributed by atoms with Gasteiger partial charge < -0.3 is 14.6 Å². The van der Waals surface area contributed by atoms with Gasteiger partial charge in [-0.1, -0.05) is 142 Å². The monoisotopic (exact) mass is 484 g/mol. The number of hydrogen-bond acceptors (Lipinski definition) is 4. The molecule has 0 aromatic heterocycles. The van der Waals surface area contributed by atoms with Crippen LogP contribution in [0.25, 0.3) is 0 Å². The molecule has 0 saturated carbocycles. The molecule has 0 aromatic carbocycles. The lowest BCUT2D eigenvalue weighted by atomic mass is 10.0. The molecule has 34 heavy (non-hydrogen) atoms. The Morgan fingerprint density at radius 3 is 1.38 bits per heavy atom. The Morgan fingerprint density at radius 1 is 0.588 bits per heavy atom. The third kappa shape index (κ3) is 26.0. The quantitative estimate of drug-likeness (QED) is 0.0889. The van der Waals surface area contributed by atoms with E-state index in [1.54, 1.807) is 0 Å². The van der Waals surface area contributed by atoms with Crippen molar-refractivity contribution in [1.29, 1.82) is 0 Å². The predicted octanol–water partition coefficient (Wildman–Crippen LogP) is 8.92. The first-order chi connectivity index (χ1) is 16.7. The van der Waals surface area contributed by atoms with Crippen molar-refractivity contribution >= 4 is 5.97 Å². The maximum atomic E-state index is 12.0. The Morgan fingerprint density at radius 2 is 0.971 bits per heavy atom. The molecule has 0 aliphatic heterocycles. The van der Waals surface area contributed by atoms with Gasteiger partial charge in [-0.25, -0.2) is 0 Å². The molecule has 0 bridgehead atoms. The van der Waals surface area contributed by atoms with Crippen molar-refractivity contribution < 1.29 is 19.4 Å². The first-order valence-electron chi connectivity index (χ1n) is 15.1. The van der Waals surface area contributed by atoms with E-state index in [2.05, 4.69) is 13.8 Å². The van der Waals surface area contributed by atoms with Crippen LogP contribution in [-0.4, -0.2) is 37.0 Å². The Balaban J connectivity index is 3.42. The summed E-state index contributed by atoms with van der Waals surface area (Å²) < 4.78 is 11.0. The number of rotatable bonds is 28. The third-order valence-corrected chi connectivity index (χ3v) is 6.68. The molecule has 0 aliphatic rings. The SMILES string of the molecule is CCCCCCCCCCCCCCCC(=O)OC(CO)COCCCCCCCCCCC. The van der Waals surface area contributed by atoms with E-state index < -0.39 is 6.10 Å². The first-order valence-corrected chi connectivity index (χ1v) is 15.1. The summed E-state index contributed by atoms with van der Waals surface area (Å²) in [4.78, 5) is 12.0. The number of unbranched alkanes of at least 4 members (excludes halogenated alkanes) is 20. The zero-order valence-corrected chi connectivity index (χ0v) is 23.1. The maximum absolute atomic E-state index is 12.0. The Kier molecular flexibility index (Phi) is 28.1. The fourth-order valence-electron chi connectivity index (χ4n) is 4.39. The lowest BCUT2D eigenvalue weighted by Crippen LogP contribution is -2.27. The third-order valence-electron chi connectivity index (χ3n) is 6.68. The second-order valence-electron chi connectivity index (χ2n) is 10.2. The van der Waals surface area contributed by atoms with Crippen molar-refractivity contribution in [3.05, 3.63) is 0 Å². The molecule has 1 N–H and O–H groups in total. The van der Waals surface area contributed by atoms with Crippen LogP contribution >= 0.6 is 0 Å². The van der Waals surface area contributed by atoms with Gasteiger partial charge in [-0.3, -0.25) is 4.79 Å². The number of esters is 1. The summed E-state index contributed by atoms with van der Waals surface area (Å²) in [6.45, 7) is 5.34. The van der Waals surface area contributed by atoms with Crippen LogP contribution in [0.4, 0.5) is 0 Å². The lowest BCUT2D eigenvalue weighted by Gasteiger charge is -2.16. The van der Waals surface area contributed by atoms with Gasteiger partial charge in [0.15, 0.2) is 0 Å². The van der Waals surface area contributed by atoms with Crippen LogP contribution in [0, 0.1) is 0 Å². The Bertz CT molecular complexity index is 399. The summed E-state index contributed by atoms with van der Waals surface area (Å²) in [6.07, 6.45) is 28.4. The van der Waals surface area contributed by atoms with Gasteiger partial charge in [0.05, 0.1) is 13.2 Å². The number of carbonyl (C=O) groups excluding carboxylic acids is 1. The van der Waals surface area contributed by atoms with Crippen molar-refractivity contribution in [3.8, 4) is 0 Å². The second kappa shape index (κ2) is 28.6. The minimum absolute atomic E-state index is 0.165. The summed E-state index contributed by atoms with van der Waals surface area (Å²) in [5.74, 6) is -0.200. The average molecular weight is 485 g/mol. The fraction of sp³-hybridized carbons (Fsp3) is 0.967. The Labute approximate surface area is 213 Å². The van der Waals surface area contributed by atoms with Gasteiger partial charge in [0.1, 0.15) is 6.10 Å². The van der Waals surface area contributed by atoms with Gasteiger partial charge in [-0.05, 0) is 12.8 Å². The van der Waals surface area contributed by atoms with Crippen molar-refractivity contribution in [2.45, 2.75) is 168 Å². The summed E-state index contributed by atoms with van der Waals surface area (Å²) in [6, 6.07) is 0. The molecule has 4 nitrogen and oxygen atoms in total. The van der Waals surface area contributed by atoms with Crippen molar-refractivity contribution in [1.82, 2.24) is 0 Å². The van der Waals surface area contributed by atoms with Crippen LogP contribution < -0.4 is 0 Å². The molecule has 0 radical (unpaired) electrons. The largest absolute Gasteiger partial charge is 0.457 e. The molecular weight excluding hydrogens is 424 g/mol. The van der Waals surface area contributed by atoms with Crippen molar-refractivity contribution in [3.63, 3.8) is 0 Å². The first kappa shape index (κ1) is 33.4. The zero-order valence-electron chi connectivity index (χ0n) is 23.1. The van der Waals surface area contributed by atoms with Gasteiger partial charge in [-0.2, -0.15) is 0 Å². The highest BCUT2D eigenvalue weighted by atomic mass is 16.6. The molecule has 0 amide bonds. The zero-order chi connectivity index (χ0) is 25.0. The van der Waals surface area contributed by atoms with Gasteiger partial charge >= 0.3 is 5.97 Å². The van der Waals surface area contributed by atoms with E-state index in [4.69, 9.17) is 9.47 Å². The minimum Gasteiger partial charge on any atom is -0.457 e. The van der Waals surface area contributed by atoms with Gasteiger partial charge in [0.2, 0.25) is 0 Å². The van der Waals surface area contributed by atoms with E-state index >= 15 is 0 Å². The average Bonchev–Trinajstić information content (AvgIpc) is 2.84. The number of hydrogen-bond donors (Lipinski definition) is 1. The van der Waals surface area contributed by atoms with E-state index in [1.165, 1.54) is 122 Å². The van der Waals surface area contributed by atoms with Crippen LogP contribution in [0.15, 0.2) is 0 Å². The molecule has 4 heteroatoms. The molecule has 204 valence electrons. The minimum atomic E-state index is -0.520. The van der Waals surface area contributed by atoms with E-state index in [9.17, 15) is 9.90 Å². The molecule has 0 saturated heterocycles. The van der Waals surface area contributed by atoms with Crippen LogP contribution in [0.3, 0.4) is 0 Å². The predicted molar refractivity (Wildman–Crippen MR) is 145 cm³/mol. The number of carbonyl (C=O) groups is 1. The van der Waals surface area contributed by atoms with Crippen molar-refractivity contribution in [2.75, 3.05) is 19.8 Å². The highest BCUT2D eigenvalue weighted by Gasteiger charge is 2.13. The fourth-order valence-corrected chi connectivity index (χ4v) is 4.39. The van der Waals surface area contributed by atoms with Crippen LogP contribution in [0.2, 0.25) is 0 Å². The standard InChI is InChI=1S/C30H60O4/c1-3-5-7-9-11-13-14-15-16-17-19-21-23-25-30(32)34-29(27-31)28-33-26-24-22-20-18-12-10-8-6-4-2/h29,31H,3-28H2,1-2H3. The number of ether oxygens (including phenoxy) is 2. The summed E-state index contributed by atoms with van der Waals surface area (Å²) in [5.41, 5.74) is 0. The topological polar surface area (TPSA) is 55.8 Å². The summed E-state index contributed by atoms with van der Waals surface area (Å²) in [7, 11) is 0. The van der Waals surface area contributed by atoms with E-state index in [0.29, 0.717) is 19.6 Å². The molecule has 0 aromatic rings. The molecule has 1 atom stereocenters.